The molecule has 0 radical (unpaired) electrons. The first kappa shape index (κ1) is 15.0. The highest BCUT2D eigenvalue weighted by Crippen LogP contribution is 2.30. The lowest BCUT2D eigenvalue weighted by molar-refractivity contribution is 0.112. The summed E-state index contributed by atoms with van der Waals surface area (Å²) in [5.74, 6) is 0.712. The first-order valence-electron chi connectivity index (χ1n) is 6.96. The molecule has 4 heteroatoms. The average molecular weight is 285 g/mol. The van der Waals surface area contributed by atoms with Gasteiger partial charge in [0, 0.05) is 12.1 Å². The minimum atomic E-state index is -0.257. The van der Waals surface area contributed by atoms with Crippen LogP contribution in [0.3, 0.4) is 0 Å². The standard InChI is InChI=1S/C17H19NO3/c1-4-9-18-15(7-6-13(11-19)17(18)20)14-10-12(2)5-8-16(14)21-3/h5-8,10-11H,4,9H2,1-3H3. The van der Waals surface area contributed by atoms with E-state index in [1.165, 1.54) is 0 Å². The number of hydrogen-bond donors (Lipinski definition) is 0. The summed E-state index contributed by atoms with van der Waals surface area (Å²) in [6, 6.07) is 9.21. The molecule has 110 valence electrons. The molecule has 0 spiro atoms. The van der Waals surface area contributed by atoms with E-state index >= 15 is 0 Å². The van der Waals surface area contributed by atoms with E-state index in [9.17, 15) is 9.59 Å². The number of aryl methyl sites for hydroxylation is 1. The molecule has 0 aliphatic heterocycles. The number of carbonyl (C=O) groups is 1. The van der Waals surface area contributed by atoms with Gasteiger partial charge in [-0.05, 0) is 37.6 Å². The molecule has 0 amide bonds. The number of benzene rings is 1. The Bertz CT molecular complexity index is 716. The Morgan fingerprint density at radius 2 is 2.00 bits per heavy atom. The predicted molar refractivity (Wildman–Crippen MR) is 83.1 cm³/mol. The fourth-order valence-corrected chi connectivity index (χ4v) is 2.39. The molecule has 1 aromatic heterocycles. The van der Waals surface area contributed by atoms with Gasteiger partial charge < -0.3 is 9.30 Å². The van der Waals surface area contributed by atoms with Crippen molar-refractivity contribution in [3.05, 3.63) is 51.8 Å². The zero-order valence-electron chi connectivity index (χ0n) is 12.6. The lowest BCUT2D eigenvalue weighted by atomic mass is 10.1. The Morgan fingerprint density at radius 3 is 2.62 bits per heavy atom. The van der Waals surface area contributed by atoms with Gasteiger partial charge in [-0.25, -0.2) is 0 Å². The summed E-state index contributed by atoms with van der Waals surface area (Å²) in [4.78, 5) is 23.3. The molecule has 21 heavy (non-hydrogen) atoms. The molecule has 0 aliphatic rings. The Kier molecular flexibility index (Phi) is 4.58. The summed E-state index contributed by atoms with van der Waals surface area (Å²) < 4.78 is 7.04. The second-order valence-electron chi connectivity index (χ2n) is 4.95. The fraction of sp³-hybridized carbons (Fsp3) is 0.294. The van der Waals surface area contributed by atoms with Gasteiger partial charge >= 0.3 is 0 Å². The van der Waals surface area contributed by atoms with Crippen LogP contribution in [0.4, 0.5) is 0 Å². The van der Waals surface area contributed by atoms with E-state index in [1.54, 1.807) is 23.8 Å². The van der Waals surface area contributed by atoms with Crippen molar-refractivity contribution in [2.24, 2.45) is 0 Å². The maximum absolute atomic E-state index is 12.4. The second kappa shape index (κ2) is 6.39. The summed E-state index contributed by atoms with van der Waals surface area (Å²) >= 11 is 0. The molecule has 0 saturated heterocycles. The molecule has 2 aromatic rings. The van der Waals surface area contributed by atoms with Crippen molar-refractivity contribution in [1.29, 1.82) is 0 Å². The average Bonchev–Trinajstić information content (AvgIpc) is 2.49. The zero-order valence-corrected chi connectivity index (χ0v) is 12.6. The summed E-state index contributed by atoms with van der Waals surface area (Å²) in [7, 11) is 1.61. The molecule has 0 bridgehead atoms. The maximum atomic E-state index is 12.4. The van der Waals surface area contributed by atoms with E-state index in [0.29, 0.717) is 18.6 Å². The van der Waals surface area contributed by atoms with E-state index < -0.39 is 0 Å². The SMILES string of the molecule is CCCn1c(-c2cc(C)ccc2OC)ccc(C=O)c1=O. The number of aromatic nitrogens is 1. The van der Waals surface area contributed by atoms with Crippen molar-refractivity contribution in [2.75, 3.05) is 7.11 Å². The molecular weight excluding hydrogens is 266 g/mol. The number of methoxy groups -OCH3 is 1. The van der Waals surface area contributed by atoms with Gasteiger partial charge in [-0.15, -0.1) is 0 Å². The molecule has 0 atom stereocenters. The number of rotatable bonds is 5. The van der Waals surface area contributed by atoms with Gasteiger partial charge in [0.15, 0.2) is 6.29 Å². The number of aldehydes is 1. The molecule has 2 rings (SSSR count). The van der Waals surface area contributed by atoms with E-state index in [0.717, 1.165) is 23.2 Å². The molecule has 0 aliphatic carbocycles. The number of pyridine rings is 1. The van der Waals surface area contributed by atoms with Crippen LogP contribution < -0.4 is 10.3 Å². The fourth-order valence-electron chi connectivity index (χ4n) is 2.39. The first-order chi connectivity index (χ1) is 10.1. The largest absolute Gasteiger partial charge is 0.496 e. The van der Waals surface area contributed by atoms with Crippen molar-refractivity contribution < 1.29 is 9.53 Å². The lowest BCUT2D eigenvalue weighted by Gasteiger charge is -2.16. The van der Waals surface area contributed by atoms with Crippen LogP contribution in [-0.4, -0.2) is 18.0 Å². The van der Waals surface area contributed by atoms with Crippen LogP contribution in [0.5, 0.6) is 5.75 Å². The van der Waals surface area contributed by atoms with Crippen molar-refractivity contribution >= 4 is 6.29 Å². The van der Waals surface area contributed by atoms with Gasteiger partial charge in [0.2, 0.25) is 0 Å². The smallest absolute Gasteiger partial charge is 0.261 e. The molecule has 0 unspecified atom stereocenters. The number of carbonyl (C=O) groups excluding carboxylic acids is 1. The van der Waals surface area contributed by atoms with Crippen molar-refractivity contribution in [1.82, 2.24) is 4.57 Å². The number of nitrogens with zero attached hydrogens (tertiary/aromatic N) is 1. The molecule has 1 aromatic carbocycles. The Balaban J connectivity index is 2.74. The quantitative estimate of drug-likeness (QED) is 0.793. The van der Waals surface area contributed by atoms with Crippen molar-refractivity contribution in [3.8, 4) is 17.0 Å². The molecular formula is C17H19NO3. The van der Waals surface area contributed by atoms with Gasteiger partial charge in [0.05, 0.1) is 18.4 Å². The second-order valence-corrected chi connectivity index (χ2v) is 4.95. The number of ether oxygens (including phenoxy) is 1. The summed E-state index contributed by atoms with van der Waals surface area (Å²) in [5, 5.41) is 0. The van der Waals surface area contributed by atoms with E-state index in [-0.39, 0.29) is 11.1 Å². The predicted octanol–water partition coefficient (Wildman–Crippen LogP) is 3.05. The van der Waals surface area contributed by atoms with Gasteiger partial charge in [0.1, 0.15) is 5.75 Å². The van der Waals surface area contributed by atoms with Gasteiger partial charge in [-0.1, -0.05) is 18.6 Å². The zero-order chi connectivity index (χ0) is 15.4. The van der Waals surface area contributed by atoms with Gasteiger partial charge in [-0.2, -0.15) is 0 Å². The van der Waals surface area contributed by atoms with Crippen LogP contribution in [0.15, 0.2) is 35.1 Å². The van der Waals surface area contributed by atoms with Crippen LogP contribution in [0.1, 0.15) is 29.3 Å². The van der Waals surface area contributed by atoms with Crippen LogP contribution in [0.2, 0.25) is 0 Å². The number of hydrogen-bond acceptors (Lipinski definition) is 3. The van der Waals surface area contributed by atoms with E-state index in [1.807, 2.05) is 32.0 Å². The molecule has 0 N–H and O–H groups in total. The van der Waals surface area contributed by atoms with Crippen molar-refractivity contribution in [3.63, 3.8) is 0 Å². The highest BCUT2D eigenvalue weighted by molar-refractivity contribution is 5.76. The van der Waals surface area contributed by atoms with E-state index in [2.05, 4.69) is 0 Å². The molecule has 0 fully saturated rings. The van der Waals surface area contributed by atoms with Crippen LogP contribution in [0, 0.1) is 6.92 Å². The third-order valence-electron chi connectivity index (χ3n) is 3.41. The third kappa shape index (κ3) is 2.89. The van der Waals surface area contributed by atoms with Crippen LogP contribution >= 0.6 is 0 Å². The van der Waals surface area contributed by atoms with Crippen molar-refractivity contribution in [2.45, 2.75) is 26.8 Å². The van der Waals surface area contributed by atoms with E-state index in [4.69, 9.17) is 4.74 Å². The monoisotopic (exact) mass is 285 g/mol. The van der Waals surface area contributed by atoms with Crippen LogP contribution in [-0.2, 0) is 6.54 Å². The highest BCUT2D eigenvalue weighted by Gasteiger charge is 2.13. The summed E-state index contributed by atoms with van der Waals surface area (Å²) in [6.45, 7) is 4.55. The molecule has 0 saturated carbocycles. The van der Waals surface area contributed by atoms with Crippen LogP contribution in [0.25, 0.3) is 11.3 Å². The maximum Gasteiger partial charge on any atom is 0.261 e. The Labute approximate surface area is 124 Å². The molecule has 1 heterocycles. The minimum absolute atomic E-state index is 0.179. The molecule has 4 nitrogen and oxygen atoms in total. The summed E-state index contributed by atoms with van der Waals surface area (Å²) in [5.41, 5.74) is 2.64. The topological polar surface area (TPSA) is 48.3 Å². The highest BCUT2D eigenvalue weighted by atomic mass is 16.5. The normalized spacial score (nSPS) is 10.4. The summed E-state index contributed by atoms with van der Waals surface area (Å²) in [6.07, 6.45) is 1.41. The lowest BCUT2D eigenvalue weighted by Crippen LogP contribution is -2.25. The van der Waals surface area contributed by atoms with Gasteiger partial charge in [0.25, 0.3) is 5.56 Å². The van der Waals surface area contributed by atoms with Gasteiger partial charge in [-0.3, -0.25) is 9.59 Å². The first-order valence-corrected chi connectivity index (χ1v) is 6.96. The third-order valence-corrected chi connectivity index (χ3v) is 3.41. The Hall–Kier alpha value is -2.36. The minimum Gasteiger partial charge on any atom is -0.496 e. The Morgan fingerprint density at radius 1 is 1.24 bits per heavy atom.